The maximum Gasteiger partial charge on any atom is 0.0330 e. The maximum absolute atomic E-state index is 6.32. The molecule has 0 aliphatic heterocycles. The first kappa shape index (κ1) is 11.7. The van der Waals surface area contributed by atoms with E-state index in [1.165, 1.54) is 49.9 Å². The van der Waals surface area contributed by atoms with E-state index in [0.717, 1.165) is 12.6 Å². The first-order valence-electron chi connectivity index (χ1n) is 6.81. The fourth-order valence-corrected chi connectivity index (χ4v) is 3.41. The van der Waals surface area contributed by atoms with Crippen molar-refractivity contribution in [1.29, 1.82) is 0 Å². The molecule has 0 unspecified atom stereocenters. The Kier molecular flexibility index (Phi) is 3.24. The van der Waals surface area contributed by atoms with Crippen LogP contribution >= 0.6 is 11.3 Å². The lowest BCUT2D eigenvalue weighted by Crippen LogP contribution is -2.48. The molecular weight excluding hydrogens is 228 g/mol. The summed E-state index contributed by atoms with van der Waals surface area (Å²) in [7, 11) is 0. The molecule has 1 aromatic heterocycles. The van der Waals surface area contributed by atoms with Gasteiger partial charge in [-0.25, -0.2) is 0 Å². The summed E-state index contributed by atoms with van der Waals surface area (Å²) in [4.78, 5) is 4.15. The normalized spacial score (nSPS) is 22.7. The summed E-state index contributed by atoms with van der Waals surface area (Å²) in [5.41, 5.74) is 6.50. The average Bonchev–Trinajstić information content (AvgIpc) is 3.00. The predicted molar refractivity (Wildman–Crippen MR) is 73.1 cm³/mol. The lowest BCUT2D eigenvalue weighted by Gasteiger charge is -2.39. The molecule has 94 valence electrons. The van der Waals surface area contributed by atoms with Gasteiger partial charge in [0.15, 0.2) is 0 Å². The van der Waals surface area contributed by atoms with Gasteiger partial charge in [-0.05, 0) is 50.0 Å². The summed E-state index contributed by atoms with van der Waals surface area (Å²) in [6.45, 7) is 2.33. The molecule has 2 fully saturated rings. The largest absolute Gasteiger partial charge is 0.325 e. The van der Waals surface area contributed by atoms with E-state index in [9.17, 15) is 0 Å². The quantitative estimate of drug-likeness (QED) is 0.841. The molecule has 2 nitrogen and oxygen atoms in total. The average molecular weight is 250 g/mol. The van der Waals surface area contributed by atoms with Crippen LogP contribution in [-0.4, -0.2) is 23.0 Å². The predicted octanol–water partition coefficient (Wildman–Crippen LogP) is 2.98. The highest BCUT2D eigenvalue weighted by atomic mass is 32.1. The van der Waals surface area contributed by atoms with E-state index >= 15 is 0 Å². The lowest BCUT2D eigenvalue weighted by atomic mass is 9.75. The van der Waals surface area contributed by atoms with E-state index in [0.29, 0.717) is 0 Å². The van der Waals surface area contributed by atoms with Crippen molar-refractivity contribution < 1.29 is 0 Å². The van der Waals surface area contributed by atoms with Gasteiger partial charge in [0.1, 0.15) is 0 Å². The third-order valence-corrected chi connectivity index (χ3v) is 5.11. The standard InChI is InChI=1S/C14H22N2S/c15-14(6-2-7-14)8-9-16(12-4-5-12)11-13-3-1-10-17-13/h1,3,10,12H,2,4-9,11,15H2. The van der Waals surface area contributed by atoms with Gasteiger partial charge in [0, 0.05) is 29.5 Å². The number of hydrogen-bond donors (Lipinski definition) is 1. The Morgan fingerprint density at radius 1 is 1.41 bits per heavy atom. The van der Waals surface area contributed by atoms with Crippen LogP contribution in [-0.2, 0) is 6.54 Å². The SMILES string of the molecule is NC1(CCN(Cc2cccs2)C2CC2)CCC1. The second-order valence-electron chi connectivity index (χ2n) is 5.75. The molecule has 2 aliphatic rings. The van der Waals surface area contributed by atoms with Crippen LogP contribution in [0.5, 0.6) is 0 Å². The summed E-state index contributed by atoms with van der Waals surface area (Å²) in [5, 5.41) is 2.18. The van der Waals surface area contributed by atoms with Gasteiger partial charge in [-0.15, -0.1) is 11.3 Å². The minimum Gasteiger partial charge on any atom is -0.325 e. The zero-order valence-electron chi connectivity index (χ0n) is 10.4. The van der Waals surface area contributed by atoms with Gasteiger partial charge >= 0.3 is 0 Å². The smallest absolute Gasteiger partial charge is 0.0330 e. The third kappa shape index (κ3) is 2.90. The minimum atomic E-state index is 0.183. The van der Waals surface area contributed by atoms with E-state index in [1.807, 2.05) is 11.3 Å². The van der Waals surface area contributed by atoms with Crippen LogP contribution in [0.4, 0.5) is 0 Å². The number of thiophene rings is 1. The Morgan fingerprint density at radius 3 is 2.76 bits per heavy atom. The monoisotopic (exact) mass is 250 g/mol. The Balaban J connectivity index is 1.53. The summed E-state index contributed by atoms with van der Waals surface area (Å²) < 4.78 is 0. The van der Waals surface area contributed by atoms with Crippen molar-refractivity contribution in [2.24, 2.45) is 5.73 Å². The van der Waals surface area contributed by atoms with Crippen LogP contribution in [0.3, 0.4) is 0 Å². The summed E-state index contributed by atoms with van der Waals surface area (Å²) in [5.74, 6) is 0. The molecule has 1 aromatic rings. The van der Waals surface area contributed by atoms with Crippen LogP contribution in [0.25, 0.3) is 0 Å². The molecule has 2 N–H and O–H groups in total. The highest BCUT2D eigenvalue weighted by Gasteiger charge is 2.35. The first-order chi connectivity index (χ1) is 8.25. The molecule has 2 aliphatic carbocycles. The molecule has 0 radical (unpaired) electrons. The molecule has 0 spiro atoms. The molecule has 1 heterocycles. The van der Waals surface area contributed by atoms with Crippen molar-refractivity contribution in [3.63, 3.8) is 0 Å². The number of rotatable bonds is 6. The first-order valence-corrected chi connectivity index (χ1v) is 7.68. The van der Waals surface area contributed by atoms with Crippen LogP contribution in [0.15, 0.2) is 17.5 Å². The highest BCUT2D eigenvalue weighted by molar-refractivity contribution is 7.09. The molecule has 3 heteroatoms. The molecule has 0 atom stereocenters. The van der Waals surface area contributed by atoms with Crippen LogP contribution < -0.4 is 5.73 Å². The van der Waals surface area contributed by atoms with Crippen molar-refractivity contribution in [1.82, 2.24) is 4.90 Å². The van der Waals surface area contributed by atoms with Gasteiger partial charge in [0.25, 0.3) is 0 Å². The third-order valence-electron chi connectivity index (χ3n) is 4.25. The number of nitrogens with two attached hydrogens (primary N) is 1. The molecule has 2 saturated carbocycles. The van der Waals surface area contributed by atoms with Gasteiger partial charge in [0.05, 0.1) is 0 Å². The van der Waals surface area contributed by atoms with E-state index in [1.54, 1.807) is 0 Å². The second-order valence-corrected chi connectivity index (χ2v) is 6.78. The van der Waals surface area contributed by atoms with Gasteiger partial charge in [0.2, 0.25) is 0 Å². The second kappa shape index (κ2) is 4.71. The van der Waals surface area contributed by atoms with E-state index in [4.69, 9.17) is 5.73 Å². The number of hydrogen-bond acceptors (Lipinski definition) is 3. The Bertz CT molecular complexity index is 352. The maximum atomic E-state index is 6.32. The van der Waals surface area contributed by atoms with E-state index in [-0.39, 0.29) is 5.54 Å². The summed E-state index contributed by atoms with van der Waals surface area (Å²) in [6.07, 6.45) is 7.79. The van der Waals surface area contributed by atoms with Gasteiger partial charge in [-0.1, -0.05) is 6.07 Å². The topological polar surface area (TPSA) is 29.3 Å². The Hall–Kier alpha value is -0.380. The summed E-state index contributed by atoms with van der Waals surface area (Å²) >= 11 is 1.88. The van der Waals surface area contributed by atoms with E-state index in [2.05, 4.69) is 22.4 Å². The Morgan fingerprint density at radius 2 is 2.24 bits per heavy atom. The molecule has 17 heavy (non-hydrogen) atoms. The molecule has 0 aromatic carbocycles. The fourth-order valence-electron chi connectivity index (χ4n) is 2.68. The molecule has 0 amide bonds. The molecule has 0 bridgehead atoms. The van der Waals surface area contributed by atoms with Crippen LogP contribution in [0, 0.1) is 0 Å². The van der Waals surface area contributed by atoms with Crippen LogP contribution in [0.1, 0.15) is 43.4 Å². The van der Waals surface area contributed by atoms with Gasteiger partial charge in [-0.3, -0.25) is 4.90 Å². The van der Waals surface area contributed by atoms with Crippen molar-refractivity contribution in [3.8, 4) is 0 Å². The number of nitrogens with zero attached hydrogens (tertiary/aromatic N) is 1. The zero-order valence-corrected chi connectivity index (χ0v) is 11.2. The van der Waals surface area contributed by atoms with Gasteiger partial charge in [-0.2, -0.15) is 0 Å². The van der Waals surface area contributed by atoms with Crippen LogP contribution in [0.2, 0.25) is 0 Å². The zero-order chi connectivity index (χ0) is 11.7. The minimum absolute atomic E-state index is 0.183. The van der Waals surface area contributed by atoms with Crippen molar-refractivity contribution >= 4 is 11.3 Å². The summed E-state index contributed by atoms with van der Waals surface area (Å²) in [6, 6.07) is 5.25. The molecule has 0 saturated heterocycles. The lowest BCUT2D eigenvalue weighted by molar-refractivity contribution is 0.173. The molecular formula is C14H22N2S. The highest BCUT2D eigenvalue weighted by Crippen LogP contribution is 2.35. The van der Waals surface area contributed by atoms with E-state index < -0.39 is 0 Å². The van der Waals surface area contributed by atoms with Crippen molar-refractivity contribution in [2.45, 2.75) is 56.7 Å². The Labute approximate surface area is 108 Å². The molecule has 3 rings (SSSR count). The van der Waals surface area contributed by atoms with Gasteiger partial charge < -0.3 is 5.73 Å². The van der Waals surface area contributed by atoms with Crippen molar-refractivity contribution in [2.75, 3.05) is 6.54 Å². The fraction of sp³-hybridized carbons (Fsp3) is 0.714. The van der Waals surface area contributed by atoms with Crippen molar-refractivity contribution in [3.05, 3.63) is 22.4 Å².